The summed E-state index contributed by atoms with van der Waals surface area (Å²) >= 11 is 0. The molecule has 0 aromatic heterocycles. The van der Waals surface area contributed by atoms with E-state index in [1.807, 2.05) is 36.4 Å². The van der Waals surface area contributed by atoms with E-state index >= 15 is 0 Å². The summed E-state index contributed by atoms with van der Waals surface area (Å²) in [6, 6.07) is 35.8. The number of piperidine rings is 1. The minimum absolute atomic E-state index is 0.00450. The summed E-state index contributed by atoms with van der Waals surface area (Å²) in [6.07, 6.45) is 2.78. The van der Waals surface area contributed by atoms with Gasteiger partial charge in [-0.25, -0.2) is 4.99 Å². The number of anilines is 1. The second-order valence-electron chi connectivity index (χ2n) is 13.2. The molecule has 1 unspecified atom stereocenters. The largest absolute Gasteiger partial charge is 0.497 e. The lowest BCUT2D eigenvalue weighted by Gasteiger charge is -2.47. The maximum Gasteiger partial charge on any atom is 0.222 e. The number of benzene rings is 4. The maximum atomic E-state index is 13.7. The zero-order valence-electron chi connectivity index (χ0n) is 28.1. The standard InChI is InChI=1S/C40H46N6O2/c1-43-22-20-33(21-23-43)44-24-26-45(27-25-44)40-42-37-11-7-6-10-36(37)38(28-39(47)41-29-30-12-18-35(48-2)19-13-30)46(40)34-16-14-32(15-17-34)31-8-4-3-5-9-31/h3-19,33,38H,20-29H2,1-2H3,(H,41,47). The first-order valence-corrected chi connectivity index (χ1v) is 17.3. The molecule has 1 atom stereocenters. The number of hydrogen-bond donors (Lipinski definition) is 1. The van der Waals surface area contributed by atoms with Crippen molar-refractivity contribution in [1.29, 1.82) is 0 Å². The molecule has 2 fully saturated rings. The lowest BCUT2D eigenvalue weighted by Crippen LogP contribution is -2.58. The SMILES string of the molecule is COc1ccc(CNC(=O)CC2c3ccccc3N=C(N3CCN(C4CCN(C)CC4)CC3)N2c2ccc(-c3ccccc3)cc2)cc1. The van der Waals surface area contributed by atoms with Crippen LogP contribution in [-0.2, 0) is 11.3 Å². The average Bonchev–Trinajstić information content (AvgIpc) is 3.15. The third kappa shape index (κ3) is 7.10. The van der Waals surface area contributed by atoms with Crippen molar-refractivity contribution in [3.63, 3.8) is 0 Å². The Morgan fingerprint density at radius 3 is 2.17 bits per heavy atom. The van der Waals surface area contributed by atoms with Gasteiger partial charge in [0, 0.05) is 50.0 Å². The van der Waals surface area contributed by atoms with Crippen LogP contribution < -0.4 is 15.0 Å². The fourth-order valence-corrected chi connectivity index (χ4v) is 7.32. The number of fused-ring (bicyclic) bond motifs is 1. The molecule has 2 saturated heterocycles. The average molecular weight is 643 g/mol. The van der Waals surface area contributed by atoms with Gasteiger partial charge in [-0.3, -0.25) is 9.69 Å². The number of guanidine groups is 1. The second kappa shape index (κ2) is 14.6. The molecule has 8 heteroatoms. The quantitative estimate of drug-likeness (QED) is 0.243. The van der Waals surface area contributed by atoms with Crippen molar-refractivity contribution in [3.8, 4) is 16.9 Å². The molecule has 48 heavy (non-hydrogen) atoms. The van der Waals surface area contributed by atoms with Crippen LogP contribution in [0.2, 0.25) is 0 Å². The van der Waals surface area contributed by atoms with E-state index in [0.717, 1.165) is 66.0 Å². The van der Waals surface area contributed by atoms with E-state index in [-0.39, 0.29) is 11.9 Å². The smallest absolute Gasteiger partial charge is 0.222 e. The molecule has 3 aliphatic heterocycles. The van der Waals surface area contributed by atoms with Gasteiger partial charge in [-0.1, -0.05) is 72.8 Å². The van der Waals surface area contributed by atoms with E-state index < -0.39 is 0 Å². The lowest BCUT2D eigenvalue weighted by molar-refractivity contribution is -0.121. The van der Waals surface area contributed by atoms with E-state index in [0.29, 0.717) is 19.0 Å². The first-order chi connectivity index (χ1) is 23.6. The van der Waals surface area contributed by atoms with Crippen molar-refractivity contribution in [2.24, 2.45) is 4.99 Å². The minimum atomic E-state index is -0.209. The fourth-order valence-electron chi connectivity index (χ4n) is 7.32. The zero-order chi connectivity index (χ0) is 32.9. The van der Waals surface area contributed by atoms with Crippen molar-refractivity contribution >= 4 is 23.2 Å². The van der Waals surface area contributed by atoms with E-state index in [2.05, 4.69) is 98.7 Å². The van der Waals surface area contributed by atoms with Crippen LogP contribution in [0, 0.1) is 0 Å². The molecular weight excluding hydrogens is 596 g/mol. The molecule has 7 rings (SSSR count). The van der Waals surface area contributed by atoms with Gasteiger partial charge in [0.2, 0.25) is 11.9 Å². The normalized spacial score (nSPS) is 19.0. The highest BCUT2D eigenvalue weighted by atomic mass is 16.5. The van der Waals surface area contributed by atoms with Crippen LogP contribution in [0.1, 0.15) is 36.4 Å². The predicted molar refractivity (Wildman–Crippen MR) is 194 cm³/mol. The molecule has 248 valence electrons. The van der Waals surface area contributed by atoms with Gasteiger partial charge in [-0.05, 0) is 80.0 Å². The number of amides is 1. The second-order valence-corrected chi connectivity index (χ2v) is 13.2. The predicted octanol–water partition coefficient (Wildman–Crippen LogP) is 6.33. The van der Waals surface area contributed by atoms with Crippen LogP contribution in [0.3, 0.4) is 0 Å². The van der Waals surface area contributed by atoms with Crippen molar-refractivity contribution in [2.75, 3.05) is 58.3 Å². The van der Waals surface area contributed by atoms with Gasteiger partial charge < -0.3 is 24.8 Å². The third-order valence-corrected chi connectivity index (χ3v) is 10.1. The molecule has 1 amide bonds. The molecular formula is C40H46N6O2. The minimum Gasteiger partial charge on any atom is -0.497 e. The van der Waals surface area contributed by atoms with Crippen LogP contribution in [0.15, 0.2) is 108 Å². The summed E-state index contributed by atoms with van der Waals surface area (Å²) in [6.45, 7) is 6.64. The number of likely N-dealkylation sites (tertiary alicyclic amines) is 1. The Labute approximate surface area is 284 Å². The molecule has 0 bridgehead atoms. The van der Waals surface area contributed by atoms with E-state index in [4.69, 9.17) is 9.73 Å². The Balaban J connectivity index is 1.17. The number of nitrogens with one attached hydrogen (secondary N) is 1. The summed E-state index contributed by atoms with van der Waals surface area (Å²) in [4.78, 5) is 28.9. The fraction of sp³-hybridized carbons (Fsp3) is 0.350. The van der Waals surface area contributed by atoms with Crippen LogP contribution in [0.4, 0.5) is 11.4 Å². The number of carbonyl (C=O) groups excluding carboxylic acids is 1. The molecule has 0 spiro atoms. The van der Waals surface area contributed by atoms with Gasteiger partial charge in [0.1, 0.15) is 5.75 Å². The summed E-state index contributed by atoms with van der Waals surface area (Å²) in [7, 11) is 3.89. The van der Waals surface area contributed by atoms with E-state index in [9.17, 15) is 4.79 Å². The van der Waals surface area contributed by atoms with Gasteiger partial charge >= 0.3 is 0 Å². The molecule has 8 nitrogen and oxygen atoms in total. The van der Waals surface area contributed by atoms with Crippen LogP contribution in [0.5, 0.6) is 5.75 Å². The Hall–Kier alpha value is -4.66. The summed E-state index contributed by atoms with van der Waals surface area (Å²) < 4.78 is 5.30. The van der Waals surface area contributed by atoms with Crippen molar-refractivity contribution in [3.05, 3.63) is 114 Å². The summed E-state index contributed by atoms with van der Waals surface area (Å²) in [5, 5.41) is 3.19. The van der Waals surface area contributed by atoms with Gasteiger partial charge in [-0.15, -0.1) is 0 Å². The van der Waals surface area contributed by atoms with Crippen molar-refractivity contribution < 1.29 is 9.53 Å². The van der Waals surface area contributed by atoms with Crippen molar-refractivity contribution in [2.45, 2.75) is 37.9 Å². The number of piperazine rings is 1. The van der Waals surface area contributed by atoms with Crippen LogP contribution in [0.25, 0.3) is 11.1 Å². The molecule has 4 aromatic rings. The van der Waals surface area contributed by atoms with Gasteiger partial charge in [0.15, 0.2) is 0 Å². The van der Waals surface area contributed by atoms with Crippen molar-refractivity contribution in [1.82, 2.24) is 20.0 Å². The first-order valence-electron chi connectivity index (χ1n) is 17.3. The number of aliphatic imine (C=N–C) groups is 1. The highest BCUT2D eigenvalue weighted by Gasteiger charge is 2.37. The molecule has 3 aliphatic rings. The number of nitrogens with zero attached hydrogens (tertiary/aromatic N) is 5. The highest BCUT2D eigenvalue weighted by molar-refractivity contribution is 6.01. The van der Waals surface area contributed by atoms with E-state index in [1.165, 1.54) is 31.5 Å². The Morgan fingerprint density at radius 2 is 1.46 bits per heavy atom. The lowest BCUT2D eigenvalue weighted by atomic mass is 9.96. The topological polar surface area (TPSA) is 63.7 Å². The van der Waals surface area contributed by atoms with Gasteiger partial charge in [0.25, 0.3) is 0 Å². The summed E-state index contributed by atoms with van der Waals surface area (Å²) in [5.41, 5.74) is 6.42. The number of para-hydroxylation sites is 1. The molecule has 4 aromatic carbocycles. The Bertz CT molecular complexity index is 1690. The maximum absolute atomic E-state index is 13.7. The zero-order valence-corrected chi connectivity index (χ0v) is 28.1. The molecule has 3 heterocycles. The van der Waals surface area contributed by atoms with Crippen LogP contribution >= 0.6 is 0 Å². The number of ether oxygens (including phenoxy) is 1. The highest BCUT2D eigenvalue weighted by Crippen LogP contribution is 2.41. The van der Waals surface area contributed by atoms with Crippen LogP contribution in [-0.4, -0.2) is 86.0 Å². The monoisotopic (exact) mass is 642 g/mol. The first kappa shape index (κ1) is 31.9. The number of methoxy groups -OCH3 is 1. The molecule has 0 radical (unpaired) electrons. The van der Waals surface area contributed by atoms with Gasteiger partial charge in [-0.2, -0.15) is 0 Å². The molecule has 0 aliphatic carbocycles. The Kier molecular flexibility index (Phi) is 9.72. The number of carbonyl (C=O) groups is 1. The summed E-state index contributed by atoms with van der Waals surface area (Å²) in [5.74, 6) is 1.74. The number of rotatable bonds is 8. The number of hydrogen-bond acceptors (Lipinski definition) is 7. The van der Waals surface area contributed by atoms with Gasteiger partial charge in [0.05, 0.1) is 25.3 Å². The van der Waals surface area contributed by atoms with E-state index in [1.54, 1.807) is 7.11 Å². The third-order valence-electron chi connectivity index (χ3n) is 10.1. The molecule has 0 saturated carbocycles. The Morgan fingerprint density at radius 1 is 0.792 bits per heavy atom. The molecule has 1 N–H and O–H groups in total.